The zero-order chi connectivity index (χ0) is 19.2. The molecule has 0 bridgehead atoms. The molecule has 2 amide bonds. The zero-order valence-electron chi connectivity index (χ0n) is 15.0. The van der Waals surface area contributed by atoms with Crippen molar-refractivity contribution in [1.82, 2.24) is 9.80 Å². The highest BCUT2D eigenvalue weighted by Gasteiger charge is 2.27. The maximum Gasteiger partial charge on any atom is 0.409 e. The van der Waals surface area contributed by atoms with Crippen LogP contribution < -0.4 is 4.74 Å². The number of nitrogens with zero attached hydrogens (tertiary/aromatic N) is 2. The average Bonchev–Trinajstić information content (AvgIpc) is 3.16. The van der Waals surface area contributed by atoms with E-state index in [1.807, 2.05) is 0 Å². The molecule has 144 valence electrons. The molecule has 0 N–H and O–H groups in total. The number of amides is 2. The van der Waals surface area contributed by atoms with Crippen LogP contribution in [0.5, 0.6) is 5.75 Å². The Morgan fingerprint density at radius 1 is 1.04 bits per heavy atom. The number of hydrogen-bond donors (Lipinski definition) is 0. The van der Waals surface area contributed by atoms with E-state index in [1.54, 1.807) is 28.9 Å². The fourth-order valence-corrected chi connectivity index (χ4v) is 2.72. The van der Waals surface area contributed by atoms with Gasteiger partial charge in [-0.1, -0.05) is 0 Å². The highest BCUT2D eigenvalue weighted by atomic mass is 19.1. The van der Waals surface area contributed by atoms with E-state index in [0.29, 0.717) is 44.3 Å². The van der Waals surface area contributed by atoms with Crippen LogP contribution in [0, 0.1) is 5.82 Å². The molecule has 1 saturated heterocycles. The van der Waals surface area contributed by atoms with E-state index >= 15 is 0 Å². The van der Waals surface area contributed by atoms with Gasteiger partial charge in [-0.05, 0) is 43.3 Å². The maximum atomic E-state index is 12.9. The van der Waals surface area contributed by atoms with Crippen LogP contribution in [0.15, 0.2) is 40.8 Å². The lowest BCUT2D eigenvalue weighted by Crippen LogP contribution is -2.50. The van der Waals surface area contributed by atoms with Crippen molar-refractivity contribution in [3.63, 3.8) is 0 Å². The summed E-state index contributed by atoms with van der Waals surface area (Å²) in [5.41, 5.74) is 0. The summed E-state index contributed by atoms with van der Waals surface area (Å²) in [5.74, 6) is 0.656. The second-order valence-corrected chi connectivity index (χ2v) is 5.99. The van der Waals surface area contributed by atoms with Crippen LogP contribution in [0.3, 0.4) is 0 Å². The molecular formula is C19H21FN2O5. The Kier molecular flexibility index (Phi) is 5.95. The Balaban J connectivity index is 1.51. The highest BCUT2D eigenvalue weighted by Crippen LogP contribution is 2.17. The molecule has 1 aromatic heterocycles. The molecule has 0 radical (unpaired) electrons. The van der Waals surface area contributed by atoms with E-state index in [9.17, 15) is 14.0 Å². The van der Waals surface area contributed by atoms with Gasteiger partial charge in [-0.3, -0.25) is 4.79 Å². The molecule has 8 heteroatoms. The lowest BCUT2D eigenvalue weighted by Gasteiger charge is -2.33. The molecule has 0 saturated carbocycles. The number of piperazine rings is 1. The lowest BCUT2D eigenvalue weighted by atomic mass is 10.3. The van der Waals surface area contributed by atoms with Crippen LogP contribution in [0.1, 0.15) is 23.2 Å². The van der Waals surface area contributed by atoms with E-state index in [2.05, 4.69) is 0 Å². The number of furan rings is 1. The second kappa shape index (κ2) is 8.57. The summed E-state index contributed by atoms with van der Waals surface area (Å²) in [4.78, 5) is 27.5. The molecule has 2 heterocycles. The van der Waals surface area contributed by atoms with Crippen LogP contribution >= 0.6 is 0 Å². The Hall–Kier alpha value is -3.03. The second-order valence-electron chi connectivity index (χ2n) is 5.99. The summed E-state index contributed by atoms with van der Waals surface area (Å²) in [6.45, 7) is 3.89. The number of hydrogen-bond acceptors (Lipinski definition) is 5. The van der Waals surface area contributed by atoms with E-state index in [-0.39, 0.29) is 30.2 Å². The van der Waals surface area contributed by atoms with Crippen LogP contribution in [0.25, 0.3) is 0 Å². The minimum Gasteiger partial charge on any atom is -0.486 e. The topological polar surface area (TPSA) is 72.2 Å². The number of halogens is 1. The smallest absolute Gasteiger partial charge is 0.409 e. The highest BCUT2D eigenvalue weighted by molar-refractivity contribution is 5.91. The molecule has 1 aliphatic rings. The third-order valence-corrected chi connectivity index (χ3v) is 4.16. The SMILES string of the molecule is CCOC(=O)N1CCN(C(=O)c2ccc(COc3ccc(F)cc3)o2)CC1. The average molecular weight is 376 g/mol. The number of benzene rings is 1. The predicted molar refractivity (Wildman–Crippen MR) is 93.9 cm³/mol. The summed E-state index contributed by atoms with van der Waals surface area (Å²) < 4.78 is 28.9. The number of carbonyl (C=O) groups excluding carboxylic acids is 2. The van der Waals surface area contributed by atoms with Crippen molar-refractivity contribution in [2.75, 3.05) is 32.8 Å². The number of ether oxygens (including phenoxy) is 2. The van der Waals surface area contributed by atoms with Gasteiger partial charge in [0, 0.05) is 26.2 Å². The van der Waals surface area contributed by atoms with Crippen LogP contribution in [0.2, 0.25) is 0 Å². The first-order chi connectivity index (χ1) is 13.1. The van der Waals surface area contributed by atoms with Gasteiger partial charge < -0.3 is 23.7 Å². The van der Waals surface area contributed by atoms with E-state index in [4.69, 9.17) is 13.9 Å². The fourth-order valence-electron chi connectivity index (χ4n) is 2.72. The first-order valence-corrected chi connectivity index (χ1v) is 8.75. The third kappa shape index (κ3) is 4.78. The van der Waals surface area contributed by atoms with Gasteiger partial charge in [0.2, 0.25) is 0 Å². The molecule has 27 heavy (non-hydrogen) atoms. The minimum absolute atomic E-state index is 0.134. The summed E-state index contributed by atoms with van der Waals surface area (Å²) in [5, 5.41) is 0. The molecule has 2 aromatic rings. The molecule has 1 fully saturated rings. The van der Waals surface area contributed by atoms with Crippen molar-refractivity contribution >= 4 is 12.0 Å². The first-order valence-electron chi connectivity index (χ1n) is 8.75. The van der Waals surface area contributed by atoms with Crippen LogP contribution in [-0.2, 0) is 11.3 Å². The molecule has 1 aromatic carbocycles. The van der Waals surface area contributed by atoms with Crippen LogP contribution in [0.4, 0.5) is 9.18 Å². The van der Waals surface area contributed by atoms with Crippen molar-refractivity contribution < 1.29 is 27.9 Å². The Morgan fingerprint density at radius 2 is 1.70 bits per heavy atom. The van der Waals surface area contributed by atoms with E-state index in [1.165, 1.54) is 24.3 Å². The molecule has 0 aliphatic carbocycles. The normalized spacial score (nSPS) is 14.1. The first kappa shape index (κ1) is 18.8. The zero-order valence-corrected chi connectivity index (χ0v) is 15.0. The standard InChI is InChI=1S/C19H21FN2O5/c1-2-25-19(24)22-11-9-21(10-12-22)18(23)17-8-7-16(27-17)13-26-15-5-3-14(20)4-6-15/h3-8H,2,9-13H2,1H3. The summed E-state index contributed by atoms with van der Waals surface area (Å²) in [7, 11) is 0. The molecule has 0 atom stereocenters. The predicted octanol–water partition coefficient (Wildman–Crippen LogP) is 2.91. The largest absolute Gasteiger partial charge is 0.486 e. The number of rotatable bonds is 5. The fraction of sp³-hybridized carbons (Fsp3) is 0.368. The molecular weight excluding hydrogens is 355 g/mol. The Morgan fingerprint density at radius 3 is 2.37 bits per heavy atom. The van der Waals surface area contributed by atoms with Crippen molar-refractivity contribution in [3.8, 4) is 5.75 Å². The van der Waals surface area contributed by atoms with Gasteiger partial charge in [-0.15, -0.1) is 0 Å². The van der Waals surface area contributed by atoms with Gasteiger partial charge in [-0.25, -0.2) is 9.18 Å². The lowest BCUT2D eigenvalue weighted by molar-refractivity contribution is 0.0543. The molecule has 0 unspecified atom stereocenters. The summed E-state index contributed by atoms with van der Waals surface area (Å²) in [6.07, 6.45) is -0.358. The van der Waals surface area contributed by atoms with Crippen molar-refractivity contribution in [2.45, 2.75) is 13.5 Å². The van der Waals surface area contributed by atoms with Gasteiger partial charge in [0.15, 0.2) is 5.76 Å². The summed E-state index contributed by atoms with van der Waals surface area (Å²) >= 11 is 0. The third-order valence-electron chi connectivity index (χ3n) is 4.16. The number of carbonyl (C=O) groups is 2. The molecule has 3 rings (SSSR count). The van der Waals surface area contributed by atoms with Gasteiger partial charge in [0.25, 0.3) is 5.91 Å². The van der Waals surface area contributed by atoms with Crippen LogP contribution in [-0.4, -0.2) is 54.6 Å². The van der Waals surface area contributed by atoms with E-state index in [0.717, 1.165) is 0 Å². The van der Waals surface area contributed by atoms with Gasteiger partial charge >= 0.3 is 6.09 Å². The molecule has 0 spiro atoms. The van der Waals surface area contributed by atoms with Gasteiger partial charge in [-0.2, -0.15) is 0 Å². The quantitative estimate of drug-likeness (QED) is 0.802. The van der Waals surface area contributed by atoms with Crippen molar-refractivity contribution in [3.05, 3.63) is 53.7 Å². The minimum atomic E-state index is -0.358. The Labute approximate surface area is 156 Å². The Bertz CT molecular complexity index is 782. The monoisotopic (exact) mass is 376 g/mol. The van der Waals surface area contributed by atoms with E-state index < -0.39 is 0 Å². The van der Waals surface area contributed by atoms with Crippen molar-refractivity contribution in [1.29, 1.82) is 0 Å². The van der Waals surface area contributed by atoms with Crippen molar-refractivity contribution in [2.24, 2.45) is 0 Å². The van der Waals surface area contributed by atoms with Gasteiger partial charge in [0.1, 0.15) is 23.9 Å². The van der Waals surface area contributed by atoms with Gasteiger partial charge in [0.05, 0.1) is 6.61 Å². The maximum absolute atomic E-state index is 12.9. The molecule has 7 nitrogen and oxygen atoms in total. The molecule has 1 aliphatic heterocycles. The summed E-state index contributed by atoms with van der Waals surface area (Å²) in [6, 6.07) is 8.93.